The summed E-state index contributed by atoms with van der Waals surface area (Å²) in [7, 11) is 0. The average Bonchev–Trinajstić information content (AvgIpc) is 3.72. The molecule has 2 fully saturated rings. The summed E-state index contributed by atoms with van der Waals surface area (Å²) in [6.07, 6.45) is 7.41. The van der Waals surface area contributed by atoms with E-state index in [0.29, 0.717) is 18.7 Å². The van der Waals surface area contributed by atoms with Crippen LogP contribution in [-0.4, -0.2) is 68.3 Å². The minimum absolute atomic E-state index is 0. The summed E-state index contributed by atoms with van der Waals surface area (Å²) >= 11 is 1.55. The number of rotatable bonds is 9. The van der Waals surface area contributed by atoms with Crippen LogP contribution in [0, 0.1) is 0 Å². The molecule has 0 spiro atoms. The fraction of sp³-hybridized carbons (Fsp3) is 0.424. The molecule has 2 N–H and O–H groups in total. The van der Waals surface area contributed by atoms with Gasteiger partial charge in [0.1, 0.15) is 16.7 Å². The molecule has 1 saturated heterocycles. The quantitative estimate of drug-likeness (QED) is 0.249. The lowest BCUT2D eigenvalue weighted by Crippen LogP contribution is -2.54. The fourth-order valence-corrected chi connectivity index (χ4v) is 7.06. The highest BCUT2D eigenvalue weighted by Crippen LogP contribution is 2.42. The number of aliphatic hydroxyl groups is 1. The summed E-state index contributed by atoms with van der Waals surface area (Å²) < 4.78 is 8.28. The number of amides is 1. The first-order chi connectivity index (χ1) is 20.5. The van der Waals surface area contributed by atoms with Gasteiger partial charge in [-0.15, -0.1) is 23.7 Å². The van der Waals surface area contributed by atoms with Crippen LogP contribution in [0.1, 0.15) is 65.8 Å². The second kappa shape index (κ2) is 14.1. The summed E-state index contributed by atoms with van der Waals surface area (Å²) in [6.45, 7) is 4.26. The molecule has 0 radical (unpaired) electrons. The predicted octanol–water partition coefficient (Wildman–Crippen LogP) is 5.71. The first-order valence-corrected chi connectivity index (χ1v) is 15.8. The second-order valence-electron chi connectivity index (χ2n) is 11.5. The van der Waals surface area contributed by atoms with Crippen molar-refractivity contribution in [1.82, 2.24) is 24.8 Å². The van der Waals surface area contributed by atoms with Gasteiger partial charge in [-0.1, -0.05) is 73.5 Å². The third-order valence-corrected chi connectivity index (χ3v) is 9.58. The number of hydrogen-bond donors (Lipinski definition) is 2. The zero-order valence-electron chi connectivity index (χ0n) is 24.5. The first-order valence-electron chi connectivity index (χ1n) is 14.9. The van der Waals surface area contributed by atoms with E-state index in [4.69, 9.17) is 9.72 Å². The minimum Gasteiger partial charge on any atom is -0.385 e. The number of carbonyl (C=O) groups excluding carboxylic acids is 1. The summed E-state index contributed by atoms with van der Waals surface area (Å²) in [5, 5.41) is 18.4. The maximum atomic E-state index is 14.3. The molecule has 8 nitrogen and oxygen atoms in total. The molecule has 1 aliphatic heterocycles. The van der Waals surface area contributed by atoms with Crippen molar-refractivity contribution in [2.45, 2.75) is 62.8 Å². The molecule has 4 aromatic rings. The van der Waals surface area contributed by atoms with Crippen LogP contribution in [0.2, 0.25) is 0 Å². The van der Waals surface area contributed by atoms with E-state index in [-0.39, 0.29) is 43.1 Å². The number of nitrogens with zero attached hydrogens (tertiary/aromatic N) is 4. The van der Waals surface area contributed by atoms with Crippen molar-refractivity contribution in [2.24, 2.45) is 0 Å². The van der Waals surface area contributed by atoms with Crippen LogP contribution in [-0.2, 0) is 11.2 Å². The Balaban J connectivity index is 0.00000368. The normalized spacial score (nSPS) is 23.0. The van der Waals surface area contributed by atoms with E-state index >= 15 is 0 Å². The second-order valence-corrected chi connectivity index (χ2v) is 12.4. The summed E-state index contributed by atoms with van der Waals surface area (Å²) in [5.74, 6) is -0.0666. The number of nitrogens with one attached hydrogen (secondary N) is 1. The molecular weight excluding hydrogens is 582 g/mol. The molecule has 43 heavy (non-hydrogen) atoms. The SMILES string of the molecule is CC(OC[C@]1(O)CCCC[C@H]1n1cnc(C(=O)N2CCNC[C@H]2Cc2ccccc2)c1-c1ccccc1)c1nccs1.Cl. The van der Waals surface area contributed by atoms with Gasteiger partial charge in [0.25, 0.3) is 5.91 Å². The molecule has 1 aliphatic carbocycles. The fourth-order valence-electron chi connectivity index (χ4n) is 6.41. The zero-order chi connectivity index (χ0) is 28.9. The van der Waals surface area contributed by atoms with Gasteiger partial charge in [0.15, 0.2) is 5.69 Å². The highest BCUT2D eigenvalue weighted by Gasteiger charge is 2.43. The molecule has 10 heteroatoms. The van der Waals surface area contributed by atoms with E-state index in [1.165, 1.54) is 5.56 Å². The molecular formula is C33H40ClN5O3S. The van der Waals surface area contributed by atoms with Crippen molar-refractivity contribution in [1.29, 1.82) is 0 Å². The van der Waals surface area contributed by atoms with Crippen molar-refractivity contribution in [3.8, 4) is 11.3 Å². The zero-order valence-corrected chi connectivity index (χ0v) is 26.1. The molecule has 2 aliphatic rings. The Morgan fingerprint density at radius 3 is 2.65 bits per heavy atom. The molecule has 6 rings (SSSR count). The number of ether oxygens (including phenoxy) is 1. The van der Waals surface area contributed by atoms with Gasteiger partial charge in [0.2, 0.25) is 0 Å². The van der Waals surface area contributed by atoms with Crippen molar-refractivity contribution >= 4 is 29.7 Å². The highest BCUT2D eigenvalue weighted by molar-refractivity contribution is 7.09. The predicted molar refractivity (Wildman–Crippen MR) is 172 cm³/mol. The standard InChI is InChI=1S/C33H39N5O3S.ClH/c1-24(31-35-17-19-42-31)41-22-33(40)15-9-8-14-28(33)38-23-36-29(30(38)26-12-6-3-7-13-26)32(39)37-18-16-34-21-27(37)20-25-10-4-2-5-11-25;/h2-7,10-13,17,19,23-24,27-28,34,40H,8-9,14-16,18,20-22H2,1H3;1H/t24?,27-,28-,33-;/m1./s1. The van der Waals surface area contributed by atoms with Crippen molar-refractivity contribution in [3.05, 3.63) is 94.8 Å². The Labute approximate surface area is 263 Å². The molecule has 228 valence electrons. The van der Waals surface area contributed by atoms with Gasteiger partial charge in [-0.25, -0.2) is 9.97 Å². The van der Waals surface area contributed by atoms with Crippen molar-refractivity contribution < 1.29 is 14.6 Å². The average molecular weight is 622 g/mol. The monoisotopic (exact) mass is 621 g/mol. The van der Waals surface area contributed by atoms with E-state index in [0.717, 1.165) is 55.0 Å². The number of halogens is 1. The molecule has 1 amide bonds. The van der Waals surface area contributed by atoms with E-state index in [1.807, 2.05) is 70.3 Å². The van der Waals surface area contributed by atoms with Gasteiger partial charge in [-0.2, -0.15) is 0 Å². The molecule has 1 unspecified atom stereocenters. The molecule has 0 bridgehead atoms. The number of imidazole rings is 1. The summed E-state index contributed by atoms with van der Waals surface area (Å²) in [5.41, 5.74) is 2.22. The number of benzene rings is 2. The van der Waals surface area contributed by atoms with Gasteiger partial charge >= 0.3 is 0 Å². The molecule has 2 aromatic carbocycles. The Morgan fingerprint density at radius 2 is 1.91 bits per heavy atom. The molecule has 1 saturated carbocycles. The summed E-state index contributed by atoms with van der Waals surface area (Å²) in [4.78, 5) is 25.5. The van der Waals surface area contributed by atoms with Gasteiger partial charge < -0.3 is 24.6 Å². The van der Waals surface area contributed by atoms with Crippen LogP contribution in [0.3, 0.4) is 0 Å². The topological polar surface area (TPSA) is 92.5 Å². The van der Waals surface area contributed by atoms with E-state index in [2.05, 4.69) is 22.4 Å². The van der Waals surface area contributed by atoms with Gasteiger partial charge in [0, 0.05) is 42.8 Å². The highest BCUT2D eigenvalue weighted by atomic mass is 35.5. The smallest absolute Gasteiger partial charge is 0.275 e. The number of carbonyl (C=O) groups is 1. The summed E-state index contributed by atoms with van der Waals surface area (Å²) in [6, 6.07) is 20.1. The van der Waals surface area contributed by atoms with Crippen LogP contribution < -0.4 is 5.32 Å². The number of aromatic nitrogens is 3. The molecule has 3 heterocycles. The Hall–Kier alpha value is -3.08. The van der Waals surface area contributed by atoms with Gasteiger partial charge in [-0.3, -0.25) is 4.79 Å². The Bertz CT molecular complexity index is 1450. The van der Waals surface area contributed by atoms with Crippen LogP contribution >= 0.6 is 23.7 Å². The lowest BCUT2D eigenvalue weighted by Gasteiger charge is -2.41. The van der Waals surface area contributed by atoms with E-state index in [9.17, 15) is 9.90 Å². The van der Waals surface area contributed by atoms with E-state index in [1.54, 1.807) is 23.9 Å². The van der Waals surface area contributed by atoms with Crippen LogP contribution in [0.5, 0.6) is 0 Å². The Kier molecular flexibility index (Phi) is 10.3. The van der Waals surface area contributed by atoms with Gasteiger partial charge in [-0.05, 0) is 31.7 Å². The lowest BCUT2D eigenvalue weighted by atomic mass is 9.80. The van der Waals surface area contributed by atoms with E-state index < -0.39 is 5.60 Å². The van der Waals surface area contributed by atoms with Crippen molar-refractivity contribution in [3.63, 3.8) is 0 Å². The molecule has 4 atom stereocenters. The molecule has 2 aromatic heterocycles. The largest absolute Gasteiger partial charge is 0.385 e. The van der Waals surface area contributed by atoms with Gasteiger partial charge in [0.05, 0.1) is 24.7 Å². The first kappa shape index (κ1) is 31.3. The number of hydrogen-bond acceptors (Lipinski definition) is 7. The number of piperazine rings is 1. The maximum Gasteiger partial charge on any atom is 0.275 e. The van der Waals surface area contributed by atoms with Crippen LogP contribution in [0.15, 0.2) is 78.6 Å². The minimum atomic E-state index is -1.10. The van der Waals surface area contributed by atoms with Crippen LogP contribution in [0.4, 0.5) is 0 Å². The lowest BCUT2D eigenvalue weighted by molar-refractivity contribution is -0.115. The van der Waals surface area contributed by atoms with Crippen LogP contribution in [0.25, 0.3) is 11.3 Å². The third-order valence-electron chi connectivity index (χ3n) is 8.64. The maximum absolute atomic E-state index is 14.3. The Morgan fingerprint density at radius 1 is 1.14 bits per heavy atom. The van der Waals surface area contributed by atoms with Crippen molar-refractivity contribution in [2.75, 3.05) is 26.2 Å². The number of thiazole rings is 1. The third kappa shape index (κ3) is 6.86.